The van der Waals surface area contributed by atoms with Gasteiger partial charge in [-0.25, -0.2) is 0 Å². The Morgan fingerprint density at radius 2 is 1.06 bits per heavy atom. The predicted molar refractivity (Wildman–Crippen MR) is 130 cm³/mol. The van der Waals surface area contributed by atoms with Gasteiger partial charge in [0.1, 0.15) is 5.75 Å². The molecule has 0 atom stereocenters. The van der Waals surface area contributed by atoms with Crippen LogP contribution in [-0.4, -0.2) is 12.8 Å². The van der Waals surface area contributed by atoms with Gasteiger partial charge in [0, 0.05) is 6.42 Å². The fraction of sp³-hybridized carbons (Fsp3) is 0.786. The number of unbranched alkanes of at least 4 members (excludes halogenated alkanes) is 15. The van der Waals surface area contributed by atoms with E-state index in [-0.39, 0.29) is 6.42 Å². The van der Waals surface area contributed by atoms with Crippen LogP contribution >= 0.6 is 0 Å². The third kappa shape index (κ3) is 18.4. The van der Waals surface area contributed by atoms with Crippen molar-refractivity contribution in [1.29, 1.82) is 0 Å². The molecule has 32 heavy (non-hydrogen) atoms. The molecule has 0 fully saturated rings. The van der Waals surface area contributed by atoms with Gasteiger partial charge in [-0.3, -0.25) is 0 Å². The number of aryl methyl sites for hydroxylation is 1. The van der Waals surface area contributed by atoms with Crippen molar-refractivity contribution in [3.05, 3.63) is 29.8 Å². The first kappa shape index (κ1) is 28.8. The van der Waals surface area contributed by atoms with E-state index >= 15 is 0 Å². The minimum Gasteiger partial charge on any atom is -0.494 e. The molecule has 0 saturated carbocycles. The van der Waals surface area contributed by atoms with E-state index in [0.717, 1.165) is 31.6 Å². The van der Waals surface area contributed by atoms with Crippen LogP contribution in [0.4, 0.5) is 13.2 Å². The van der Waals surface area contributed by atoms with Gasteiger partial charge in [-0.1, -0.05) is 109 Å². The summed E-state index contributed by atoms with van der Waals surface area (Å²) in [5.41, 5.74) is 1.17. The largest absolute Gasteiger partial charge is 0.494 e. The summed E-state index contributed by atoms with van der Waals surface area (Å²) < 4.78 is 42.2. The maximum Gasteiger partial charge on any atom is 0.389 e. The van der Waals surface area contributed by atoms with Crippen molar-refractivity contribution in [1.82, 2.24) is 0 Å². The second kappa shape index (κ2) is 19.3. The average molecular weight is 457 g/mol. The van der Waals surface area contributed by atoms with Crippen molar-refractivity contribution in [2.75, 3.05) is 6.61 Å². The Hall–Kier alpha value is -1.19. The van der Waals surface area contributed by atoms with Crippen LogP contribution < -0.4 is 4.74 Å². The van der Waals surface area contributed by atoms with Gasteiger partial charge in [-0.2, -0.15) is 13.2 Å². The molecule has 0 saturated heterocycles. The van der Waals surface area contributed by atoms with E-state index in [1.54, 1.807) is 0 Å². The molecular weight excluding hydrogens is 409 g/mol. The molecule has 1 aromatic rings. The number of benzene rings is 1. The number of hydrogen-bond acceptors (Lipinski definition) is 1. The van der Waals surface area contributed by atoms with Crippen LogP contribution in [0.2, 0.25) is 0 Å². The van der Waals surface area contributed by atoms with Crippen LogP contribution in [-0.2, 0) is 6.42 Å². The van der Waals surface area contributed by atoms with Gasteiger partial charge < -0.3 is 4.74 Å². The molecule has 0 radical (unpaired) electrons. The zero-order chi connectivity index (χ0) is 23.3. The smallest absolute Gasteiger partial charge is 0.389 e. The number of hydrogen-bond donors (Lipinski definition) is 0. The van der Waals surface area contributed by atoms with Crippen molar-refractivity contribution in [3.8, 4) is 5.75 Å². The first-order chi connectivity index (χ1) is 15.5. The summed E-state index contributed by atoms with van der Waals surface area (Å²) in [4.78, 5) is 0. The lowest BCUT2D eigenvalue weighted by molar-refractivity contribution is -0.135. The van der Waals surface area contributed by atoms with E-state index in [1.807, 2.05) is 24.3 Å². The Kier molecular flexibility index (Phi) is 17.4. The highest BCUT2D eigenvalue weighted by molar-refractivity contribution is 5.27. The van der Waals surface area contributed by atoms with E-state index in [0.29, 0.717) is 6.42 Å². The SMILES string of the molecule is CCCCCCCCCCCCCCCCOc1ccc(CCCCCC(F)(F)F)cc1. The van der Waals surface area contributed by atoms with Gasteiger partial charge in [0.05, 0.1) is 6.61 Å². The summed E-state index contributed by atoms with van der Waals surface area (Å²) in [6.07, 6.45) is 16.8. The number of rotatable bonds is 21. The van der Waals surface area contributed by atoms with Crippen LogP contribution in [0.1, 0.15) is 128 Å². The molecule has 0 unspecified atom stereocenters. The quantitative estimate of drug-likeness (QED) is 0.167. The van der Waals surface area contributed by atoms with Crippen molar-refractivity contribution < 1.29 is 17.9 Å². The standard InChI is InChI=1S/C28H47F3O/c1-2-3-4-5-6-7-8-9-10-11-12-13-14-18-25-32-27-22-20-26(21-23-27)19-16-15-17-24-28(29,30)31/h20-23H,2-19,24-25H2,1H3. The zero-order valence-electron chi connectivity index (χ0n) is 20.5. The number of halogens is 3. The van der Waals surface area contributed by atoms with E-state index in [2.05, 4.69) is 6.92 Å². The molecule has 4 heteroatoms. The maximum absolute atomic E-state index is 12.1. The molecular formula is C28H47F3O. The molecule has 0 aliphatic rings. The molecule has 0 aliphatic carbocycles. The molecule has 1 nitrogen and oxygen atoms in total. The van der Waals surface area contributed by atoms with Gasteiger partial charge >= 0.3 is 6.18 Å². The fourth-order valence-electron chi connectivity index (χ4n) is 4.07. The monoisotopic (exact) mass is 456 g/mol. The lowest BCUT2D eigenvalue weighted by Crippen LogP contribution is -2.06. The predicted octanol–water partition coefficient (Wildman–Crippen LogP) is 10.2. The van der Waals surface area contributed by atoms with E-state index in [9.17, 15) is 13.2 Å². The lowest BCUT2D eigenvalue weighted by Gasteiger charge is -2.08. The summed E-state index contributed by atoms with van der Waals surface area (Å²) in [5, 5.41) is 0. The van der Waals surface area contributed by atoms with Crippen LogP contribution in [0.15, 0.2) is 24.3 Å². The van der Waals surface area contributed by atoms with Gasteiger partial charge in [0.15, 0.2) is 0 Å². The Bertz CT molecular complexity index is 524. The third-order valence-electron chi connectivity index (χ3n) is 6.12. The van der Waals surface area contributed by atoms with Crippen LogP contribution in [0, 0.1) is 0 Å². The molecule has 1 aromatic carbocycles. The third-order valence-corrected chi connectivity index (χ3v) is 6.12. The number of alkyl halides is 3. The molecule has 0 N–H and O–H groups in total. The average Bonchev–Trinajstić information content (AvgIpc) is 2.76. The second-order valence-corrected chi connectivity index (χ2v) is 9.26. The lowest BCUT2D eigenvalue weighted by atomic mass is 10.0. The van der Waals surface area contributed by atoms with E-state index < -0.39 is 12.6 Å². The topological polar surface area (TPSA) is 9.23 Å². The fourth-order valence-corrected chi connectivity index (χ4v) is 4.07. The first-order valence-electron chi connectivity index (χ1n) is 13.3. The van der Waals surface area contributed by atoms with Gasteiger partial charge in [0.25, 0.3) is 0 Å². The molecule has 0 amide bonds. The highest BCUT2D eigenvalue weighted by Gasteiger charge is 2.25. The van der Waals surface area contributed by atoms with Crippen LogP contribution in [0.25, 0.3) is 0 Å². The van der Waals surface area contributed by atoms with Crippen molar-refractivity contribution in [2.45, 2.75) is 135 Å². The Morgan fingerprint density at radius 3 is 1.56 bits per heavy atom. The van der Waals surface area contributed by atoms with Gasteiger partial charge in [-0.05, 0) is 43.4 Å². The van der Waals surface area contributed by atoms with Crippen LogP contribution in [0.5, 0.6) is 5.75 Å². The summed E-state index contributed by atoms with van der Waals surface area (Å²) in [7, 11) is 0. The zero-order valence-corrected chi connectivity index (χ0v) is 20.5. The molecule has 0 spiro atoms. The second-order valence-electron chi connectivity index (χ2n) is 9.26. The highest BCUT2D eigenvalue weighted by Crippen LogP contribution is 2.23. The first-order valence-corrected chi connectivity index (χ1v) is 13.3. The Labute approximate surface area is 195 Å². The molecule has 1 rings (SSSR count). The number of ether oxygens (including phenoxy) is 1. The minimum atomic E-state index is -4.02. The summed E-state index contributed by atoms with van der Waals surface area (Å²) in [6.45, 7) is 3.03. The maximum atomic E-state index is 12.1. The molecule has 186 valence electrons. The van der Waals surface area contributed by atoms with Crippen molar-refractivity contribution in [3.63, 3.8) is 0 Å². The summed E-state index contributed by atoms with van der Waals surface area (Å²) >= 11 is 0. The van der Waals surface area contributed by atoms with E-state index in [1.165, 1.54) is 89.0 Å². The molecule has 0 bridgehead atoms. The van der Waals surface area contributed by atoms with E-state index in [4.69, 9.17) is 4.74 Å². The Morgan fingerprint density at radius 1 is 0.594 bits per heavy atom. The summed E-state index contributed by atoms with van der Waals surface area (Å²) in [6, 6.07) is 8.03. The molecule has 0 aliphatic heterocycles. The highest BCUT2D eigenvalue weighted by atomic mass is 19.4. The minimum absolute atomic E-state index is 0.226. The molecule has 0 heterocycles. The molecule has 0 aromatic heterocycles. The Balaban J connectivity index is 1.89. The van der Waals surface area contributed by atoms with Crippen molar-refractivity contribution in [2.24, 2.45) is 0 Å². The van der Waals surface area contributed by atoms with Crippen LogP contribution in [0.3, 0.4) is 0 Å². The van der Waals surface area contributed by atoms with Gasteiger partial charge in [-0.15, -0.1) is 0 Å². The summed E-state index contributed by atoms with van der Waals surface area (Å²) in [5.74, 6) is 0.889. The van der Waals surface area contributed by atoms with Gasteiger partial charge in [0.2, 0.25) is 0 Å². The normalized spacial score (nSPS) is 11.8. The van der Waals surface area contributed by atoms with Crippen molar-refractivity contribution >= 4 is 0 Å².